The van der Waals surface area contributed by atoms with Gasteiger partial charge in [-0.15, -0.1) is 0 Å². The van der Waals surface area contributed by atoms with Crippen molar-refractivity contribution < 1.29 is 13.9 Å². The fraction of sp³-hybridized carbons (Fsp3) is 0.353. The Labute approximate surface area is 144 Å². The molecular formula is C17H20FN5O2. The van der Waals surface area contributed by atoms with Crippen molar-refractivity contribution in [1.29, 1.82) is 5.41 Å². The predicted molar refractivity (Wildman–Crippen MR) is 91.1 cm³/mol. The lowest BCUT2D eigenvalue weighted by atomic mass is 10.1. The van der Waals surface area contributed by atoms with Crippen LogP contribution in [0, 0.1) is 5.41 Å². The number of nitrogens with two attached hydrogens (primary N) is 1. The van der Waals surface area contributed by atoms with Gasteiger partial charge in [-0.05, 0) is 18.4 Å². The number of aliphatic imine (C=N–C) groups is 1. The lowest BCUT2D eigenvalue weighted by Gasteiger charge is -2.13. The Balaban J connectivity index is 1.49. The van der Waals surface area contributed by atoms with Crippen molar-refractivity contribution >= 4 is 11.9 Å². The Morgan fingerprint density at radius 1 is 1.40 bits per heavy atom. The number of hydrogen-bond donors (Lipinski definition) is 3. The first-order valence-corrected chi connectivity index (χ1v) is 8.02. The minimum absolute atomic E-state index is 0.0134. The second kappa shape index (κ2) is 8.00. The van der Waals surface area contributed by atoms with Gasteiger partial charge in [0, 0.05) is 0 Å². The van der Waals surface area contributed by atoms with Gasteiger partial charge in [0.05, 0.1) is 37.3 Å². The zero-order chi connectivity index (χ0) is 17.6. The zero-order valence-corrected chi connectivity index (χ0v) is 13.6. The van der Waals surface area contributed by atoms with Crippen LogP contribution < -0.4 is 5.73 Å². The van der Waals surface area contributed by atoms with Crippen LogP contribution in [-0.4, -0.2) is 34.6 Å². The summed E-state index contributed by atoms with van der Waals surface area (Å²) in [4.78, 5) is 10.2. The van der Waals surface area contributed by atoms with E-state index in [4.69, 9.17) is 20.6 Å². The van der Waals surface area contributed by atoms with Crippen molar-refractivity contribution in [3.8, 4) is 0 Å². The monoisotopic (exact) mass is 345 g/mol. The highest BCUT2D eigenvalue weighted by Gasteiger charge is 2.28. The number of imidazole rings is 1. The van der Waals surface area contributed by atoms with Crippen molar-refractivity contribution in [2.75, 3.05) is 6.61 Å². The lowest BCUT2D eigenvalue weighted by molar-refractivity contribution is -0.0215. The van der Waals surface area contributed by atoms with E-state index >= 15 is 0 Å². The van der Waals surface area contributed by atoms with Crippen molar-refractivity contribution in [2.24, 2.45) is 10.7 Å². The first kappa shape index (κ1) is 17.2. The molecule has 7 nitrogen and oxygen atoms in total. The van der Waals surface area contributed by atoms with Crippen LogP contribution >= 0.6 is 0 Å². The molecule has 0 amide bonds. The molecule has 1 aliphatic heterocycles. The summed E-state index contributed by atoms with van der Waals surface area (Å²) in [6, 6.07) is 9.97. The van der Waals surface area contributed by atoms with E-state index in [2.05, 4.69) is 15.0 Å². The van der Waals surface area contributed by atoms with E-state index in [0.29, 0.717) is 13.2 Å². The van der Waals surface area contributed by atoms with Gasteiger partial charge in [0.2, 0.25) is 0 Å². The summed E-state index contributed by atoms with van der Waals surface area (Å²) in [5, 5.41) is 7.59. The first-order valence-electron chi connectivity index (χ1n) is 8.02. The minimum atomic E-state index is -1.17. The molecule has 2 heterocycles. The van der Waals surface area contributed by atoms with E-state index in [9.17, 15) is 4.39 Å². The van der Waals surface area contributed by atoms with Crippen LogP contribution in [0.2, 0.25) is 0 Å². The number of amidine groups is 2. The van der Waals surface area contributed by atoms with Crippen LogP contribution in [0.25, 0.3) is 0 Å². The van der Waals surface area contributed by atoms with Gasteiger partial charge in [-0.25, -0.2) is 4.98 Å². The van der Waals surface area contributed by atoms with E-state index in [1.54, 1.807) is 6.20 Å². The van der Waals surface area contributed by atoms with E-state index < -0.39 is 6.09 Å². The van der Waals surface area contributed by atoms with Crippen LogP contribution in [0.1, 0.15) is 36.0 Å². The van der Waals surface area contributed by atoms with Crippen LogP contribution in [0.3, 0.4) is 0 Å². The second-order valence-electron chi connectivity index (χ2n) is 5.80. The molecule has 3 rings (SSSR count). The smallest absolute Gasteiger partial charge is 0.281 e. The molecule has 2 aromatic rings. The third-order valence-electron chi connectivity index (χ3n) is 3.91. The minimum Gasteiger partial charge on any atom is -0.374 e. The number of rotatable bonds is 6. The number of ether oxygens (including phenoxy) is 2. The van der Waals surface area contributed by atoms with Crippen LogP contribution in [0.5, 0.6) is 0 Å². The highest BCUT2D eigenvalue weighted by atomic mass is 19.1. The predicted octanol–water partition coefficient (Wildman–Crippen LogP) is 2.46. The lowest BCUT2D eigenvalue weighted by Crippen LogP contribution is -2.15. The summed E-state index contributed by atoms with van der Waals surface area (Å²) in [5.74, 6) is -0.199. The molecule has 0 bridgehead atoms. The average Bonchev–Trinajstić information content (AvgIpc) is 3.24. The van der Waals surface area contributed by atoms with Crippen LogP contribution in [0.4, 0.5) is 4.39 Å². The molecular weight excluding hydrogens is 325 g/mol. The summed E-state index contributed by atoms with van der Waals surface area (Å²) < 4.78 is 24.2. The third-order valence-corrected chi connectivity index (χ3v) is 3.91. The van der Waals surface area contributed by atoms with Gasteiger partial charge in [0.15, 0.2) is 11.7 Å². The number of aromatic amines is 1. The fourth-order valence-electron chi connectivity index (χ4n) is 2.72. The topological polar surface area (TPSA) is 109 Å². The van der Waals surface area contributed by atoms with Crippen LogP contribution in [0.15, 0.2) is 41.5 Å². The Morgan fingerprint density at radius 2 is 2.20 bits per heavy atom. The number of aromatic nitrogens is 2. The third kappa shape index (κ3) is 4.71. The van der Waals surface area contributed by atoms with E-state index in [0.717, 1.165) is 24.1 Å². The molecule has 1 aromatic carbocycles. The highest BCUT2D eigenvalue weighted by molar-refractivity contribution is 5.99. The molecule has 1 aromatic heterocycles. The molecule has 2 atom stereocenters. The molecule has 1 saturated heterocycles. The number of H-pyrrole nitrogens is 1. The number of halogens is 1. The molecule has 0 saturated carbocycles. The van der Waals surface area contributed by atoms with Crippen molar-refractivity contribution in [3.63, 3.8) is 0 Å². The normalized spacial score (nSPS) is 20.8. The quantitative estimate of drug-likeness (QED) is 0.424. The molecule has 4 N–H and O–H groups in total. The summed E-state index contributed by atoms with van der Waals surface area (Å²) in [7, 11) is 0. The maximum absolute atomic E-state index is 12.5. The zero-order valence-electron chi connectivity index (χ0n) is 13.6. The summed E-state index contributed by atoms with van der Waals surface area (Å²) in [6.07, 6.45) is 1.97. The molecule has 2 unspecified atom stereocenters. The van der Waals surface area contributed by atoms with Gasteiger partial charge in [0.25, 0.3) is 6.09 Å². The van der Waals surface area contributed by atoms with Gasteiger partial charge >= 0.3 is 0 Å². The average molecular weight is 345 g/mol. The highest BCUT2D eigenvalue weighted by Crippen LogP contribution is 2.32. The number of benzene rings is 1. The molecule has 132 valence electrons. The maximum Gasteiger partial charge on any atom is 0.281 e. The van der Waals surface area contributed by atoms with Crippen molar-refractivity contribution in [3.05, 3.63) is 53.6 Å². The van der Waals surface area contributed by atoms with Gasteiger partial charge in [-0.1, -0.05) is 30.3 Å². The molecule has 1 fully saturated rings. The molecule has 1 aliphatic rings. The fourth-order valence-corrected chi connectivity index (χ4v) is 2.72. The molecule has 8 heteroatoms. The molecule has 0 spiro atoms. The standard InChI is InChI=1S/C17H20FN5O2/c18-17(20)23-15(19)16-21-8-13(22-16)14-7-6-12(25-14)10-24-9-11-4-2-1-3-5-11/h1-5,8,12,14H,6-7,9-10H2,(H,21,22)(H3,19,20,23). The van der Waals surface area contributed by atoms with Crippen molar-refractivity contribution in [2.45, 2.75) is 31.7 Å². The largest absolute Gasteiger partial charge is 0.374 e. The summed E-state index contributed by atoms with van der Waals surface area (Å²) in [5.41, 5.74) is 6.69. The molecule has 25 heavy (non-hydrogen) atoms. The Kier molecular flexibility index (Phi) is 5.52. The first-order chi connectivity index (χ1) is 12.1. The van der Waals surface area contributed by atoms with Crippen LogP contribution in [-0.2, 0) is 16.1 Å². The molecule has 0 aliphatic carbocycles. The SMILES string of the molecule is N=C(N=C(N)F)c1ncc(C2CCC(COCc3ccccc3)O2)[nH]1. The summed E-state index contributed by atoms with van der Waals surface area (Å²) >= 11 is 0. The summed E-state index contributed by atoms with van der Waals surface area (Å²) in [6.45, 7) is 1.07. The second-order valence-corrected chi connectivity index (χ2v) is 5.80. The number of nitrogens with zero attached hydrogens (tertiary/aromatic N) is 2. The molecule has 0 radical (unpaired) electrons. The van der Waals surface area contributed by atoms with Gasteiger partial charge in [-0.2, -0.15) is 9.38 Å². The van der Waals surface area contributed by atoms with Gasteiger partial charge < -0.3 is 20.2 Å². The number of nitrogens with one attached hydrogen (secondary N) is 2. The number of hydrogen-bond acceptors (Lipinski definition) is 4. The van der Waals surface area contributed by atoms with E-state index in [1.165, 1.54) is 0 Å². The van der Waals surface area contributed by atoms with Gasteiger partial charge in [0.1, 0.15) is 0 Å². The van der Waals surface area contributed by atoms with E-state index in [1.807, 2.05) is 30.3 Å². The Bertz CT molecular complexity index is 743. The maximum atomic E-state index is 12.5. The Morgan fingerprint density at radius 3 is 2.96 bits per heavy atom. The Hall–Kier alpha value is -2.58. The van der Waals surface area contributed by atoms with Crippen molar-refractivity contribution in [1.82, 2.24) is 9.97 Å². The van der Waals surface area contributed by atoms with E-state index in [-0.39, 0.29) is 23.9 Å². The van der Waals surface area contributed by atoms with Gasteiger partial charge in [-0.3, -0.25) is 5.41 Å².